The Hall–Kier alpha value is -3.07. The van der Waals surface area contributed by atoms with Crippen LogP contribution >= 0.6 is 0 Å². The van der Waals surface area contributed by atoms with Crippen LogP contribution in [0, 0.1) is 6.92 Å². The van der Waals surface area contributed by atoms with Crippen molar-refractivity contribution < 1.29 is 0 Å². The van der Waals surface area contributed by atoms with Gasteiger partial charge in [0.1, 0.15) is 5.84 Å². The molecule has 1 aromatic rings. The molecule has 140 valence electrons. The van der Waals surface area contributed by atoms with E-state index in [1.54, 1.807) is 0 Å². The van der Waals surface area contributed by atoms with Crippen LogP contribution in [0.15, 0.2) is 95.3 Å². The van der Waals surface area contributed by atoms with Gasteiger partial charge in [-0.2, -0.15) is 0 Å². The van der Waals surface area contributed by atoms with Gasteiger partial charge in [0.25, 0.3) is 0 Å². The number of rotatable bonds is 7. The molecule has 1 aromatic carbocycles. The molecule has 1 heterocycles. The number of hydrogen-bond acceptors (Lipinski definition) is 3. The third-order valence-corrected chi connectivity index (χ3v) is 4.59. The number of aliphatic imine (C=N–C) groups is 1. The highest BCUT2D eigenvalue weighted by Crippen LogP contribution is 2.18. The number of amidine groups is 1. The molecule has 27 heavy (non-hydrogen) atoms. The Morgan fingerprint density at radius 1 is 1.15 bits per heavy atom. The van der Waals surface area contributed by atoms with Gasteiger partial charge in [0.15, 0.2) is 0 Å². The summed E-state index contributed by atoms with van der Waals surface area (Å²) in [4.78, 5) is 4.59. The molecule has 1 aliphatic heterocycles. The highest BCUT2D eigenvalue weighted by atomic mass is 15.1. The first-order chi connectivity index (χ1) is 12.8. The predicted molar refractivity (Wildman–Crippen MR) is 118 cm³/mol. The minimum absolute atomic E-state index is 0.617. The van der Waals surface area contributed by atoms with E-state index in [1.807, 2.05) is 26.0 Å². The Kier molecular flexibility index (Phi) is 6.78. The maximum Gasteiger partial charge on any atom is 0.134 e. The van der Waals surface area contributed by atoms with E-state index in [-0.39, 0.29) is 0 Å². The summed E-state index contributed by atoms with van der Waals surface area (Å²) in [6, 6.07) is 8.27. The fourth-order valence-electron chi connectivity index (χ4n) is 2.62. The zero-order chi connectivity index (χ0) is 20.0. The van der Waals surface area contributed by atoms with Crippen LogP contribution in [0.25, 0.3) is 5.70 Å². The molecule has 3 nitrogen and oxygen atoms in total. The van der Waals surface area contributed by atoms with Gasteiger partial charge in [-0.3, -0.25) is 4.99 Å². The minimum Gasteiger partial charge on any atom is -0.355 e. The van der Waals surface area contributed by atoms with Crippen molar-refractivity contribution in [3.63, 3.8) is 0 Å². The summed E-state index contributed by atoms with van der Waals surface area (Å²) in [5, 5.41) is 6.73. The summed E-state index contributed by atoms with van der Waals surface area (Å²) in [7, 11) is 0. The summed E-state index contributed by atoms with van der Waals surface area (Å²) in [5.74, 6) is 0.780. The van der Waals surface area contributed by atoms with E-state index in [4.69, 9.17) is 0 Å². The summed E-state index contributed by atoms with van der Waals surface area (Å²) < 4.78 is 0. The van der Waals surface area contributed by atoms with Crippen LogP contribution in [0.4, 0.5) is 0 Å². The van der Waals surface area contributed by atoms with E-state index < -0.39 is 0 Å². The van der Waals surface area contributed by atoms with Crippen LogP contribution in [-0.4, -0.2) is 12.4 Å². The Morgan fingerprint density at radius 2 is 1.81 bits per heavy atom. The molecule has 0 saturated heterocycles. The van der Waals surface area contributed by atoms with E-state index in [2.05, 4.69) is 79.6 Å². The van der Waals surface area contributed by atoms with Crippen molar-refractivity contribution in [3.05, 3.63) is 101 Å². The number of allylic oxidation sites excluding steroid dienone is 5. The number of benzene rings is 1. The van der Waals surface area contributed by atoms with Gasteiger partial charge in [-0.05, 0) is 50.5 Å². The standard InChI is InChI=1S/C24H29N3/c1-8-17(4)18(5)14-22-15-25-24(27-22)19(6)23(9-2)26-20(7)21-12-10-16(3)11-13-21/h8-14,26H,1,6-7,15H2,2-5H3,(H,25,27)/b18-17-,22-14+,23-9+. The van der Waals surface area contributed by atoms with Gasteiger partial charge >= 0.3 is 0 Å². The molecular formula is C24H29N3. The maximum absolute atomic E-state index is 4.59. The molecule has 0 radical (unpaired) electrons. The first-order valence-electron chi connectivity index (χ1n) is 9.06. The second kappa shape index (κ2) is 9.04. The number of aryl methyl sites for hydroxylation is 1. The molecule has 0 fully saturated rings. The highest BCUT2D eigenvalue weighted by molar-refractivity contribution is 6.04. The highest BCUT2D eigenvalue weighted by Gasteiger charge is 2.17. The Bertz CT molecular complexity index is 875. The van der Waals surface area contributed by atoms with Gasteiger partial charge in [0.05, 0.1) is 6.54 Å². The largest absolute Gasteiger partial charge is 0.355 e. The van der Waals surface area contributed by atoms with Crippen molar-refractivity contribution in [2.24, 2.45) is 4.99 Å². The van der Waals surface area contributed by atoms with Crippen molar-refractivity contribution in [1.29, 1.82) is 0 Å². The van der Waals surface area contributed by atoms with E-state index in [0.29, 0.717) is 6.54 Å². The Morgan fingerprint density at radius 3 is 2.41 bits per heavy atom. The van der Waals surface area contributed by atoms with E-state index in [1.165, 1.54) is 11.1 Å². The van der Waals surface area contributed by atoms with Crippen molar-refractivity contribution in [1.82, 2.24) is 10.6 Å². The molecule has 0 amide bonds. The van der Waals surface area contributed by atoms with Gasteiger partial charge in [0, 0.05) is 22.7 Å². The van der Waals surface area contributed by atoms with Gasteiger partial charge < -0.3 is 10.6 Å². The summed E-state index contributed by atoms with van der Waals surface area (Å²) >= 11 is 0. The number of nitrogens with zero attached hydrogens (tertiary/aromatic N) is 1. The average molecular weight is 360 g/mol. The second-order valence-corrected chi connectivity index (χ2v) is 6.68. The van der Waals surface area contributed by atoms with Gasteiger partial charge in [-0.25, -0.2) is 0 Å². The zero-order valence-corrected chi connectivity index (χ0v) is 16.8. The molecule has 0 aliphatic carbocycles. The minimum atomic E-state index is 0.617. The summed E-state index contributed by atoms with van der Waals surface area (Å²) in [5.41, 5.74) is 8.20. The van der Waals surface area contributed by atoms with Crippen LogP contribution in [0.3, 0.4) is 0 Å². The van der Waals surface area contributed by atoms with Crippen LogP contribution in [0.1, 0.15) is 31.9 Å². The van der Waals surface area contributed by atoms with Crippen LogP contribution in [-0.2, 0) is 0 Å². The van der Waals surface area contributed by atoms with Crippen molar-refractivity contribution in [2.75, 3.05) is 6.54 Å². The van der Waals surface area contributed by atoms with E-state index in [0.717, 1.165) is 39.6 Å². The second-order valence-electron chi connectivity index (χ2n) is 6.68. The average Bonchev–Trinajstić information content (AvgIpc) is 3.13. The first-order valence-corrected chi connectivity index (χ1v) is 9.06. The number of nitrogens with one attached hydrogen (secondary N) is 2. The normalized spacial score (nSPS) is 16.4. The smallest absolute Gasteiger partial charge is 0.134 e. The number of hydrogen-bond donors (Lipinski definition) is 2. The summed E-state index contributed by atoms with van der Waals surface area (Å²) in [6.45, 7) is 21.0. The third kappa shape index (κ3) is 5.20. The SMILES string of the molecule is C=C/C(C)=C(C)\C=C1/CN=C(C(=C)/C(=C\C)NC(=C)c2ccc(C)cc2)N1. The molecule has 0 aromatic heterocycles. The maximum atomic E-state index is 4.59. The van der Waals surface area contributed by atoms with Gasteiger partial charge in [-0.1, -0.05) is 61.7 Å². The molecule has 3 heteroatoms. The molecule has 0 unspecified atom stereocenters. The first kappa shape index (κ1) is 20.2. The lowest BCUT2D eigenvalue weighted by Crippen LogP contribution is -2.24. The van der Waals surface area contributed by atoms with Gasteiger partial charge in [-0.15, -0.1) is 0 Å². The van der Waals surface area contributed by atoms with Crippen molar-refractivity contribution >= 4 is 11.5 Å². The molecule has 2 N–H and O–H groups in total. The zero-order valence-electron chi connectivity index (χ0n) is 16.8. The fourth-order valence-corrected chi connectivity index (χ4v) is 2.62. The molecule has 0 saturated carbocycles. The lowest BCUT2D eigenvalue weighted by molar-refractivity contribution is 1.09. The van der Waals surface area contributed by atoms with Crippen LogP contribution in [0.5, 0.6) is 0 Å². The quantitative estimate of drug-likeness (QED) is 0.638. The molecule has 0 spiro atoms. The lowest BCUT2D eigenvalue weighted by Gasteiger charge is -2.16. The molecular weight excluding hydrogens is 330 g/mol. The molecule has 0 atom stereocenters. The third-order valence-electron chi connectivity index (χ3n) is 4.59. The topological polar surface area (TPSA) is 36.4 Å². The Labute approximate surface area is 163 Å². The lowest BCUT2D eigenvalue weighted by atomic mass is 10.1. The van der Waals surface area contributed by atoms with Crippen molar-refractivity contribution in [3.8, 4) is 0 Å². The predicted octanol–water partition coefficient (Wildman–Crippen LogP) is 5.42. The van der Waals surface area contributed by atoms with Gasteiger partial charge in [0.2, 0.25) is 0 Å². The Balaban J connectivity index is 2.07. The van der Waals surface area contributed by atoms with E-state index >= 15 is 0 Å². The molecule has 0 bridgehead atoms. The van der Waals surface area contributed by atoms with Crippen molar-refractivity contribution in [2.45, 2.75) is 27.7 Å². The molecule has 2 rings (SSSR count). The fraction of sp³-hybridized carbons (Fsp3) is 0.208. The molecule has 1 aliphatic rings. The summed E-state index contributed by atoms with van der Waals surface area (Å²) in [6.07, 6.45) is 5.95. The monoisotopic (exact) mass is 359 g/mol. The van der Waals surface area contributed by atoms with Crippen LogP contribution in [0.2, 0.25) is 0 Å². The van der Waals surface area contributed by atoms with Crippen LogP contribution < -0.4 is 10.6 Å². The van der Waals surface area contributed by atoms with E-state index in [9.17, 15) is 0 Å².